The molecule has 2 aromatic carbocycles. The summed E-state index contributed by atoms with van der Waals surface area (Å²) in [5, 5.41) is 16.1. The van der Waals surface area contributed by atoms with E-state index in [1.165, 1.54) is 17.8 Å². The van der Waals surface area contributed by atoms with Crippen LogP contribution in [0.5, 0.6) is 0 Å². The van der Waals surface area contributed by atoms with E-state index in [0.29, 0.717) is 28.1 Å². The van der Waals surface area contributed by atoms with Crippen LogP contribution in [-0.4, -0.2) is 32.3 Å². The topological polar surface area (TPSA) is 88.9 Å². The van der Waals surface area contributed by atoms with Crippen LogP contribution in [0.25, 0.3) is 0 Å². The molecule has 11 heteroatoms. The molecule has 0 radical (unpaired) electrons. The van der Waals surface area contributed by atoms with Crippen LogP contribution in [0, 0.1) is 23.3 Å². The van der Waals surface area contributed by atoms with Crippen molar-refractivity contribution in [2.45, 2.75) is 52.4 Å². The molecule has 1 heterocycles. The van der Waals surface area contributed by atoms with Crippen molar-refractivity contribution in [2.24, 2.45) is 5.92 Å². The summed E-state index contributed by atoms with van der Waals surface area (Å²) in [6, 6.07) is 8.42. The number of benzene rings is 2. The van der Waals surface area contributed by atoms with E-state index in [4.69, 9.17) is 23.2 Å². The van der Waals surface area contributed by atoms with Crippen molar-refractivity contribution in [3.05, 3.63) is 66.5 Å². The number of amides is 2. The second-order valence-corrected chi connectivity index (χ2v) is 11.7. The summed E-state index contributed by atoms with van der Waals surface area (Å²) in [5.41, 5.74) is 3.21. The first-order valence-electron chi connectivity index (χ1n) is 11.4. The highest BCUT2D eigenvalue weighted by atomic mass is 127. The third-order valence-corrected chi connectivity index (χ3v) is 7.70. The van der Waals surface area contributed by atoms with Crippen LogP contribution in [0.2, 0.25) is 10.0 Å². The van der Waals surface area contributed by atoms with Crippen molar-refractivity contribution >= 4 is 75.1 Å². The number of hydrogen-bond acceptors (Lipinski definition) is 5. The van der Waals surface area contributed by atoms with Crippen LogP contribution in [0.1, 0.15) is 54.1 Å². The molecule has 36 heavy (non-hydrogen) atoms. The van der Waals surface area contributed by atoms with Gasteiger partial charge in [0.2, 0.25) is 5.91 Å². The van der Waals surface area contributed by atoms with Gasteiger partial charge >= 0.3 is 0 Å². The first-order chi connectivity index (χ1) is 17.0. The normalized spacial score (nSPS) is 12.0. The molecule has 0 aliphatic rings. The molecule has 0 saturated heterocycles. The van der Waals surface area contributed by atoms with Gasteiger partial charge in [0.25, 0.3) is 5.91 Å². The number of nitrogens with one attached hydrogen (secondary N) is 2. The molecule has 0 fully saturated rings. The fourth-order valence-corrected chi connectivity index (χ4v) is 6.01. The quantitative estimate of drug-likeness (QED) is 0.198. The summed E-state index contributed by atoms with van der Waals surface area (Å²) in [5.74, 6) is 0.395. The number of thioether (sulfide) groups is 1. The van der Waals surface area contributed by atoms with E-state index in [0.717, 1.165) is 20.4 Å². The number of carbonyl (C=O) groups is 2. The van der Waals surface area contributed by atoms with E-state index in [1.807, 2.05) is 51.3 Å². The van der Waals surface area contributed by atoms with Gasteiger partial charge in [-0.3, -0.25) is 9.59 Å². The molecule has 3 aromatic rings. The zero-order valence-corrected chi connectivity index (χ0v) is 25.1. The van der Waals surface area contributed by atoms with Crippen LogP contribution in [-0.2, 0) is 11.3 Å². The Kier molecular flexibility index (Phi) is 10.1. The Hall–Kier alpha value is -1.82. The van der Waals surface area contributed by atoms with Crippen molar-refractivity contribution in [3.63, 3.8) is 0 Å². The second-order valence-electron chi connectivity index (χ2n) is 8.66. The van der Waals surface area contributed by atoms with E-state index in [1.54, 1.807) is 12.1 Å². The van der Waals surface area contributed by atoms with Crippen LogP contribution in [0.4, 0.5) is 5.69 Å². The fraction of sp³-hybridized carbons (Fsp3) is 0.360. The third kappa shape index (κ3) is 6.93. The van der Waals surface area contributed by atoms with Gasteiger partial charge in [-0.1, -0.05) is 48.8 Å². The Morgan fingerprint density at radius 3 is 2.36 bits per heavy atom. The number of aryl methyl sites for hydroxylation is 2. The largest absolute Gasteiger partial charge is 0.342 e. The van der Waals surface area contributed by atoms with Crippen molar-refractivity contribution in [3.8, 4) is 0 Å². The van der Waals surface area contributed by atoms with Crippen LogP contribution < -0.4 is 10.6 Å². The van der Waals surface area contributed by atoms with E-state index >= 15 is 0 Å². The summed E-state index contributed by atoms with van der Waals surface area (Å²) in [7, 11) is 0. The molecule has 7 nitrogen and oxygen atoms in total. The fourth-order valence-electron chi connectivity index (χ4n) is 3.77. The number of anilines is 1. The smallest absolute Gasteiger partial charge is 0.253 e. The maximum Gasteiger partial charge on any atom is 0.253 e. The molecule has 0 aliphatic heterocycles. The molecule has 0 unspecified atom stereocenters. The van der Waals surface area contributed by atoms with Gasteiger partial charge in [-0.15, -0.1) is 10.2 Å². The first-order valence-corrected chi connectivity index (χ1v) is 14.2. The molecular weight excluding hydrogens is 632 g/mol. The molecule has 0 aliphatic carbocycles. The predicted octanol–water partition coefficient (Wildman–Crippen LogP) is 6.68. The van der Waals surface area contributed by atoms with E-state index in [-0.39, 0.29) is 28.5 Å². The monoisotopic (exact) mass is 659 g/mol. The van der Waals surface area contributed by atoms with Gasteiger partial charge < -0.3 is 15.2 Å². The van der Waals surface area contributed by atoms with Gasteiger partial charge in [0.15, 0.2) is 11.0 Å². The maximum atomic E-state index is 13.0. The van der Waals surface area contributed by atoms with Gasteiger partial charge in [0, 0.05) is 20.8 Å². The van der Waals surface area contributed by atoms with Gasteiger partial charge in [-0.25, -0.2) is 0 Å². The van der Waals surface area contributed by atoms with Gasteiger partial charge in [-0.2, -0.15) is 0 Å². The summed E-state index contributed by atoms with van der Waals surface area (Å²) >= 11 is 15.8. The molecular formula is C25H28Cl2IN5O2S. The Labute approximate surface area is 239 Å². The Balaban J connectivity index is 1.75. The van der Waals surface area contributed by atoms with Gasteiger partial charge in [0.05, 0.1) is 22.4 Å². The van der Waals surface area contributed by atoms with Gasteiger partial charge in [-0.05, 0) is 90.7 Å². The van der Waals surface area contributed by atoms with Crippen molar-refractivity contribution < 1.29 is 9.59 Å². The average Bonchev–Trinajstić information content (AvgIpc) is 3.20. The summed E-state index contributed by atoms with van der Waals surface area (Å²) in [6.07, 6.45) is 0. The molecule has 0 bridgehead atoms. The Morgan fingerprint density at radius 1 is 1.11 bits per heavy atom. The minimum Gasteiger partial charge on any atom is -0.342 e. The Morgan fingerprint density at radius 2 is 1.78 bits per heavy atom. The summed E-state index contributed by atoms with van der Waals surface area (Å²) in [4.78, 5) is 25.7. The second kappa shape index (κ2) is 12.6. The highest BCUT2D eigenvalue weighted by Crippen LogP contribution is 2.28. The minimum absolute atomic E-state index is 0.0301. The number of aromatic nitrogens is 3. The zero-order valence-electron chi connectivity index (χ0n) is 20.7. The number of rotatable bonds is 9. The molecule has 1 atom stereocenters. The molecule has 0 saturated carbocycles. The minimum atomic E-state index is -0.406. The number of halogens is 3. The summed E-state index contributed by atoms with van der Waals surface area (Å²) in [6.45, 7) is 10.5. The standard InChI is InChI=1S/C25H28Cl2IN5O2S/c1-6-33-23(21(13(2)3)30-24(35)18-8-7-16(26)11-19(18)27)31-32-25(33)36-12-20(34)29-22-14(4)9-17(28)10-15(22)5/h7-11,13,21H,6,12H2,1-5H3,(H,29,34)(H,30,35)/t21-/m0/s1. The Bertz CT molecular complexity index is 1260. The van der Waals surface area contributed by atoms with Crippen LogP contribution >= 0.6 is 57.6 Å². The average molecular weight is 660 g/mol. The van der Waals surface area contributed by atoms with Crippen LogP contribution in [0.3, 0.4) is 0 Å². The molecule has 2 amide bonds. The molecule has 3 rings (SSSR count). The number of nitrogens with zero attached hydrogens (tertiary/aromatic N) is 3. The zero-order chi connectivity index (χ0) is 26.6. The number of hydrogen-bond donors (Lipinski definition) is 2. The predicted molar refractivity (Wildman–Crippen MR) is 155 cm³/mol. The lowest BCUT2D eigenvalue weighted by Crippen LogP contribution is -2.34. The lowest BCUT2D eigenvalue weighted by Gasteiger charge is -2.23. The van der Waals surface area contributed by atoms with E-state index in [9.17, 15) is 9.59 Å². The molecule has 2 N–H and O–H groups in total. The highest BCUT2D eigenvalue weighted by Gasteiger charge is 2.27. The van der Waals surface area contributed by atoms with E-state index in [2.05, 4.69) is 43.4 Å². The van der Waals surface area contributed by atoms with Gasteiger partial charge in [0.1, 0.15) is 0 Å². The van der Waals surface area contributed by atoms with E-state index < -0.39 is 6.04 Å². The molecule has 0 spiro atoms. The lowest BCUT2D eigenvalue weighted by atomic mass is 10.0. The maximum absolute atomic E-state index is 13.0. The van der Waals surface area contributed by atoms with Crippen molar-refractivity contribution in [1.82, 2.24) is 20.1 Å². The first kappa shape index (κ1) is 28.7. The molecule has 1 aromatic heterocycles. The number of carbonyl (C=O) groups excluding carboxylic acids is 2. The summed E-state index contributed by atoms with van der Waals surface area (Å²) < 4.78 is 3.05. The molecule has 192 valence electrons. The van der Waals surface area contributed by atoms with Crippen molar-refractivity contribution in [2.75, 3.05) is 11.1 Å². The lowest BCUT2D eigenvalue weighted by molar-refractivity contribution is -0.113. The highest BCUT2D eigenvalue weighted by molar-refractivity contribution is 14.1. The SMILES string of the molecule is CCn1c(SCC(=O)Nc2c(C)cc(I)cc2C)nnc1[C@@H](NC(=O)c1ccc(Cl)cc1Cl)C(C)C. The third-order valence-electron chi connectivity index (χ3n) is 5.56. The van der Waals surface area contributed by atoms with Crippen LogP contribution in [0.15, 0.2) is 35.5 Å². The van der Waals surface area contributed by atoms with Crippen molar-refractivity contribution in [1.29, 1.82) is 0 Å².